The summed E-state index contributed by atoms with van der Waals surface area (Å²) < 4.78 is 5.49. The number of benzene rings is 1. The molecule has 0 aromatic heterocycles. The summed E-state index contributed by atoms with van der Waals surface area (Å²) >= 11 is 3.41. The van der Waals surface area contributed by atoms with E-state index < -0.39 is 0 Å². The average molecular weight is 328 g/mol. The topological polar surface area (TPSA) is 46.6 Å². The quantitative estimate of drug-likeness (QED) is 0.781. The first-order valence-corrected chi connectivity index (χ1v) is 6.91. The van der Waals surface area contributed by atoms with Crippen LogP contribution in [0.2, 0.25) is 0 Å². The third-order valence-corrected chi connectivity index (χ3v) is 3.76. The fourth-order valence-corrected chi connectivity index (χ4v) is 2.02. The number of amides is 1. The minimum atomic E-state index is -0.309. The standard InChI is InChI=1S/C14H18BrNO3/c1-4-16(8-7-13(17)19-3)14(18)11-6-5-10(2)12(15)9-11/h5-6,9H,4,7-8H2,1-3H3. The van der Waals surface area contributed by atoms with Gasteiger partial charge in [-0.1, -0.05) is 22.0 Å². The number of rotatable bonds is 5. The number of carbonyl (C=O) groups excluding carboxylic acids is 2. The summed E-state index contributed by atoms with van der Waals surface area (Å²) in [5.74, 6) is -0.386. The monoisotopic (exact) mass is 327 g/mol. The molecule has 104 valence electrons. The van der Waals surface area contributed by atoms with Gasteiger partial charge in [-0.05, 0) is 31.5 Å². The van der Waals surface area contributed by atoms with Gasteiger partial charge in [-0.3, -0.25) is 9.59 Å². The fraction of sp³-hybridized carbons (Fsp3) is 0.429. The van der Waals surface area contributed by atoms with Crippen LogP contribution >= 0.6 is 15.9 Å². The number of nitrogens with zero attached hydrogens (tertiary/aromatic N) is 1. The lowest BCUT2D eigenvalue weighted by Gasteiger charge is -2.20. The van der Waals surface area contributed by atoms with Crippen molar-refractivity contribution in [3.63, 3.8) is 0 Å². The minimum Gasteiger partial charge on any atom is -0.469 e. The zero-order valence-electron chi connectivity index (χ0n) is 11.4. The Morgan fingerprint density at radius 1 is 1.37 bits per heavy atom. The minimum absolute atomic E-state index is 0.0768. The van der Waals surface area contributed by atoms with Crippen molar-refractivity contribution in [1.82, 2.24) is 4.90 Å². The molecule has 0 heterocycles. The van der Waals surface area contributed by atoms with Gasteiger partial charge in [-0.25, -0.2) is 0 Å². The van der Waals surface area contributed by atoms with E-state index in [2.05, 4.69) is 20.7 Å². The molecule has 0 fully saturated rings. The molecule has 0 N–H and O–H groups in total. The molecule has 0 bridgehead atoms. The van der Waals surface area contributed by atoms with E-state index in [1.807, 2.05) is 19.9 Å². The Kier molecular flexibility index (Phi) is 6.02. The molecule has 0 aliphatic rings. The summed E-state index contributed by atoms with van der Waals surface area (Å²) in [5, 5.41) is 0. The largest absolute Gasteiger partial charge is 0.469 e. The normalized spacial score (nSPS) is 10.1. The highest BCUT2D eigenvalue weighted by atomic mass is 79.9. The van der Waals surface area contributed by atoms with Crippen LogP contribution in [0.15, 0.2) is 22.7 Å². The molecular formula is C14H18BrNO3. The average Bonchev–Trinajstić information content (AvgIpc) is 2.41. The highest BCUT2D eigenvalue weighted by molar-refractivity contribution is 9.10. The zero-order chi connectivity index (χ0) is 14.4. The smallest absolute Gasteiger partial charge is 0.307 e. The lowest BCUT2D eigenvalue weighted by atomic mass is 10.1. The summed E-state index contributed by atoms with van der Waals surface area (Å²) in [6.45, 7) is 4.78. The highest BCUT2D eigenvalue weighted by Crippen LogP contribution is 2.18. The molecule has 0 saturated carbocycles. The van der Waals surface area contributed by atoms with E-state index in [1.54, 1.807) is 17.0 Å². The van der Waals surface area contributed by atoms with E-state index in [-0.39, 0.29) is 18.3 Å². The molecule has 4 nitrogen and oxygen atoms in total. The Balaban J connectivity index is 2.77. The molecule has 0 spiro atoms. The van der Waals surface area contributed by atoms with Crippen LogP contribution in [0.5, 0.6) is 0 Å². The molecule has 5 heteroatoms. The Hall–Kier alpha value is -1.36. The second-order valence-corrected chi connectivity index (χ2v) is 5.03. The van der Waals surface area contributed by atoms with Crippen molar-refractivity contribution >= 4 is 27.8 Å². The van der Waals surface area contributed by atoms with Crippen LogP contribution in [-0.4, -0.2) is 37.0 Å². The molecule has 0 aliphatic heterocycles. The third kappa shape index (κ3) is 4.35. The number of esters is 1. The molecule has 0 atom stereocenters. The van der Waals surface area contributed by atoms with E-state index in [0.717, 1.165) is 10.0 Å². The van der Waals surface area contributed by atoms with Gasteiger partial charge < -0.3 is 9.64 Å². The number of carbonyl (C=O) groups is 2. The van der Waals surface area contributed by atoms with Crippen molar-refractivity contribution in [2.45, 2.75) is 20.3 Å². The van der Waals surface area contributed by atoms with Crippen LogP contribution < -0.4 is 0 Å². The van der Waals surface area contributed by atoms with Crippen LogP contribution in [0.4, 0.5) is 0 Å². The van der Waals surface area contributed by atoms with Gasteiger partial charge in [0.2, 0.25) is 0 Å². The van der Waals surface area contributed by atoms with Gasteiger partial charge in [0, 0.05) is 23.1 Å². The number of ether oxygens (including phenoxy) is 1. The molecule has 1 aromatic carbocycles. The Morgan fingerprint density at radius 3 is 2.58 bits per heavy atom. The maximum atomic E-state index is 12.3. The first-order chi connectivity index (χ1) is 8.99. The molecule has 1 aromatic rings. The predicted molar refractivity (Wildman–Crippen MR) is 77.1 cm³/mol. The molecular weight excluding hydrogens is 310 g/mol. The number of hydrogen-bond acceptors (Lipinski definition) is 3. The molecule has 19 heavy (non-hydrogen) atoms. The van der Waals surface area contributed by atoms with Crippen LogP contribution in [0, 0.1) is 6.92 Å². The number of aryl methyl sites for hydroxylation is 1. The number of hydrogen-bond donors (Lipinski definition) is 0. The first-order valence-electron chi connectivity index (χ1n) is 6.11. The van der Waals surface area contributed by atoms with Gasteiger partial charge in [-0.2, -0.15) is 0 Å². The molecule has 0 radical (unpaired) electrons. The number of halogens is 1. The third-order valence-electron chi connectivity index (χ3n) is 2.90. The van der Waals surface area contributed by atoms with Crippen LogP contribution in [0.3, 0.4) is 0 Å². The van der Waals surface area contributed by atoms with Crippen molar-refractivity contribution in [2.24, 2.45) is 0 Å². The van der Waals surface area contributed by atoms with Crippen LogP contribution in [0.1, 0.15) is 29.3 Å². The maximum absolute atomic E-state index is 12.3. The second kappa shape index (κ2) is 7.28. The Morgan fingerprint density at radius 2 is 2.05 bits per heavy atom. The van der Waals surface area contributed by atoms with Gasteiger partial charge >= 0.3 is 5.97 Å². The van der Waals surface area contributed by atoms with Gasteiger partial charge in [-0.15, -0.1) is 0 Å². The molecule has 1 rings (SSSR count). The predicted octanol–water partition coefficient (Wildman–Crippen LogP) is 2.78. The zero-order valence-corrected chi connectivity index (χ0v) is 13.0. The Bertz CT molecular complexity index is 474. The maximum Gasteiger partial charge on any atom is 0.307 e. The van der Waals surface area contributed by atoms with E-state index in [9.17, 15) is 9.59 Å². The van der Waals surface area contributed by atoms with Crippen molar-refractivity contribution < 1.29 is 14.3 Å². The Labute approximate surface area is 121 Å². The van der Waals surface area contributed by atoms with Gasteiger partial charge in [0.05, 0.1) is 13.5 Å². The summed E-state index contributed by atoms with van der Waals surface area (Å²) in [6, 6.07) is 5.49. The van der Waals surface area contributed by atoms with E-state index in [0.29, 0.717) is 18.7 Å². The van der Waals surface area contributed by atoms with Crippen LogP contribution in [0.25, 0.3) is 0 Å². The SMILES string of the molecule is CCN(CCC(=O)OC)C(=O)c1ccc(C)c(Br)c1. The fourth-order valence-electron chi connectivity index (χ4n) is 1.64. The molecule has 0 unspecified atom stereocenters. The molecule has 0 saturated heterocycles. The van der Waals surface area contributed by atoms with Crippen molar-refractivity contribution in [3.05, 3.63) is 33.8 Å². The summed E-state index contributed by atoms with van der Waals surface area (Å²) in [4.78, 5) is 25.0. The van der Waals surface area contributed by atoms with Gasteiger partial charge in [0.15, 0.2) is 0 Å². The van der Waals surface area contributed by atoms with E-state index in [4.69, 9.17) is 0 Å². The van der Waals surface area contributed by atoms with Crippen LogP contribution in [-0.2, 0) is 9.53 Å². The molecule has 1 amide bonds. The van der Waals surface area contributed by atoms with Crippen molar-refractivity contribution in [3.8, 4) is 0 Å². The lowest BCUT2D eigenvalue weighted by molar-refractivity contribution is -0.140. The molecule has 0 aliphatic carbocycles. The summed E-state index contributed by atoms with van der Waals surface area (Å²) in [6.07, 6.45) is 0.211. The van der Waals surface area contributed by atoms with Gasteiger partial charge in [0.25, 0.3) is 5.91 Å². The number of methoxy groups -OCH3 is 1. The highest BCUT2D eigenvalue weighted by Gasteiger charge is 2.16. The van der Waals surface area contributed by atoms with E-state index in [1.165, 1.54) is 7.11 Å². The van der Waals surface area contributed by atoms with Gasteiger partial charge in [0.1, 0.15) is 0 Å². The van der Waals surface area contributed by atoms with Crippen molar-refractivity contribution in [2.75, 3.05) is 20.2 Å². The second-order valence-electron chi connectivity index (χ2n) is 4.17. The first kappa shape index (κ1) is 15.7. The summed E-state index contributed by atoms with van der Waals surface area (Å²) in [7, 11) is 1.34. The van der Waals surface area contributed by atoms with Crippen molar-refractivity contribution in [1.29, 1.82) is 0 Å². The summed E-state index contributed by atoms with van der Waals surface area (Å²) in [5.41, 5.74) is 1.69. The lowest BCUT2D eigenvalue weighted by Crippen LogP contribution is -2.33. The van der Waals surface area contributed by atoms with E-state index >= 15 is 0 Å².